The van der Waals surface area contributed by atoms with E-state index in [0.29, 0.717) is 19.3 Å². The third kappa shape index (κ3) is 6.70. The van der Waals surface area contributed by atoms with Crippen LogP contribution in [0.5, 0.6) is 0 Å². The minimum Gasteiger partial charge on any atom is -0.274 e. The van der Waals surface area contributed by atoms with Gasteiger partial charge in [0.15, 0.2) is 5.66 Å². The highest BCUT2D eigenvalue weighted by Gasteiger charge is 2.38. The number of carbonyl (C=O) groups excluding carboxylic acids is 2. The second kappa shape index (κ2) is 10.6. The summed E-state index contributed by atoms with van der Waals surface area (Å²) in [6.45, 7) is 7.71. The summed E-state index contributed by atoms with van der Waals surface area (Å²) in [4.78, 5) is 27.0. The van der Waals surface area contributed by atoms with Gasteiger partial charge in [0.25, 0.3) is 0 Å². The third-order valence-corrected chi connectivity index (χ3v) is 4.69. The molecule has 1 rings (SSSR count). The van der Waals surface area contributed by atoms with Crippen LogP contribution in [0.15, 0.2) is 10.2 Å². The van der Waals surface area contributed by atoms with E-state index in [2.05, 4.69) is 10.2 Å². The molecule has 1 atom stereocenters. The molecule has 0 aromatic carbocycles. The van der Waals surface area contributed by atoms with Gasteiger partial charge in [0.2, 0.25) is 11.8 Å². The van der Waals surface area contributed by atoms with E-state index in [1.165, 1.54) is 30.6 Å². The molecule has 1 aliphatic heterocycles. The van der Waals surface area contributed by atoms with E-state index in [4.69, 9.17) is 0 Å². The monoisotopic (exact) mass is 337 g/mol. The molecule has 1 unspecified atom stereocenters. The zero-order valence-corrected chi connectivity index (χ0v) is 16.0. The molecule has 5 heteroatoms. The number of imide groups is 1. The number of amides is 2. The summed E-state index contributed by atoms with van der Waals surface area (Å²) in [5.74, 6) is -0.183. The van der Waals surface area contributed by atoms with Gasteiger partial charge in [-0.15, -0.1) is 0 Å². The van der Waals surface area contributed by atoms with Gasteiger partial charge in [-0.05, 0) is 40.0 Å². The Kier molecular flexibility index (Phi) is 9.16. The van der Waals surface area contributed by atoms with E-state index in [0.717, 1.165) is 25.7 Å². The fraction of sp³-hybridized carbons (Fsp3) is 0.895. The SMILES string of the molecule is CCC(C)(N=NC(C)C)N1C(=O)CCCCCCCCCCC1=O. The topological polar surface area (TPSA) is 62.1 Å². The predicted molar refractivity (Wildman–Crippen MR) is 96.7 cm³/mol. The van der Waals surface area contributed by atoms with E-state index in [9.17, 15) is 9.59 Å². The first kappa shape index (κ1) is 20.8. The molecule has 0 radical (unpaired) electrons. The van der Waals surface area contributed by atoms with Gasteiger partial charge >= 0.3 is 0 Å². The first-order valence-electron chi connectivity index (χ1n) is 9.68. The summed E-state index contributed by atoms with van der Waals surface area (Å²) in [6, 6.07) is 0.0528. The zero-order chi connectivity index (χ0) is 18.0. The second-order valence-corrected chi connectivity index (χ2v) is 7.33. The molecule has 1 saturated heterocycles. The lowest BCUT2D eigenvalue weighted by molar-refractivity contribution is -0.152. The number of hydrogen-bond acceptors (Lipinski definition) is 4. The van der Waals surface area contributed by atoms with Gasteiger partial charge in [-0.3, -0.25) is 14.5 Å². The van der Waals surface area contributed by atoms with Crippen molar-refractivity contribution in [2.75, 3.05) is 0 Å². The van der Waals surface area contributed by atoms with Crippen molar-refractivity contribution in [2.24, 2.45) is 10.2 Å². The Bertz CT molecular complexity index is 410. The molecule has 0 bridgehead atoms. The van der Waals surface area contributed by atoms with E-state index in [-0.39, 0.29) is 17.9 Å². The van der Waals surface area contributed by atoms with Crippen LogP contribution in [0.25, 0.3) is 0 Å². The number of carbonyl (C=O) groups is 2. The van der Waals surface area contributed by atoms with Crippen LogP contribution in [0.4, 0.5) is 0 Å². The summed E-state index contributed by atoms with van der Waals surface area (Å²) >= 11 is 0. The summed E-state index contributed by atoms with van der Waals surface area (Å²) in [7, 11) is 0. The summed E-state index contributed by atoms with van der Waals surface area (Å²) in [6.07, 6.45) is 10.1. The fourth-order valence-corrected chi connectivity index (χ4v) is 3.03. The molecule has 1 aliphatic rings. The fourth-order valence-electron chi connectivity index (χ4n) is 3.03. The first-order valence-corrected chi connectivity index (χ1v) is 9.68. The molecule has 0 aliphatic carbocycles. The number of nitrogens with zero attached hydrogens (tertiary/aromatic N) is 3. The van der Waals surface area contributed by atoms with Crippen molar-refractivity contribution in [3.8, 4) is 0 Å². The van der Waals surface area contributed by atoms with Crippen LogP contribution in [0.3, 0.4) is 0 Å². The Morgan fingerprint density at radius 1 is 0.917 bits per heavy atom. The van der Waals surface area contributed by atoms with Gasteiger partial charge in [-0.1, -0.05) is 45.4 Å². The summed E-state index contributed by atoms with van der Waals surface area (Å²) < 4.78 is 0. The Hall–Kier alpha value is -1.26. The van der Waals surface area contributed by atoms with Gasteiger partial charge in [-0.25, -0.2) is 0 Å². The summed E-state index contributed by atoms with van der Waals surface area (Å²) in [5, 5.41) is 8.63. The van der Waals surface area contributed by atoms with Crippen molar-refractivity contribution in [1.29, 1.82) is 0 Å². The normalized spacial score (nSPS) is 22.1. The highest BCUT2D eigenvalue weighted by molar-refractivity contribution is 5.96. The van der Waals surface area contributed by atoms with Gasteiger partial charge < -0.3 is 0 Å². The van der Waals surface area contributed by atoms with E-state index >= 15 is 0 Å². The lowest BCUT2D eigenvalue weighted by Gasteiger charge is -2.35. The van der Waals surface area contributed by atoms with E-state index in [1.807, 2.05) is 27.7 Å². The minimum atomic E-state index is -0.862. The van der Waals surface area contributed by atoms with Crippen LogP contribution in [-0.4, -0.2) is 28.4 Å². The lowest BCUT2D eigenvalue weighted by Crippen LogP contribution is -2.51. The maximum Gasteiger partial charge on any atom is 0.231 e. The average molecular weight is 338 g/mol. The van der Waals surface area contributed by atoms with E-state index in [1.54, 1.807) is 0 Å². The smallest absolute Gasteiger partial charge is 0.231 e. The molecule has 0 aromatic heterocycles. The first-order chi connectivity index (χ1) is 11.4. The van der Waals surface area contributed by atoms with Crippen LogP contribution in [0.1, 0.15) is 98.3 Å². The van der Waals surface area contributed by atoms with Crippen LogP contribution in [0, 0.1) is 0 Å². The molecular weight excluding hydrogens is 302 g/mol. The largest absolute Gasteiger partial charge is 0.274 e. The van der Waals surface area contributed by atoms with Crippen molar-refractivity contribution >= 4 is 11.8 Å². The van der Waals surface area contributed by atoms with Crippen molar-refractivity contribution in [3.05, 3.63) is 0 Å². The molecule has 2 amide bonds. The molecule has 24 heavy (non-hydrogen) atoms. The Labute approximate surface area is 147 Å². The van der Waals surface area contributed by atoms with Crippen molar-refractivity contribution in [1.82, 2.24) is 4.90 Å². The maximum absolute atomic E-state index is 12.8. The maximum atomic E-state index is 12.8. The van der Waals surface area contributed by atoms with Crippen LogP contribution in [0.2, 0.25) is 0 Å². The van der Waals surface area contributed by atoms with Crippen molar-refractivity contribution in [2.45, 2.75) is 110 Å². The second-order valence-electron chi connectivity index (χ2n) is 7.33. The van der Waals surface area contributed by atoms with Gasteiger partial charge in [0, 0.05) is 12.8 Å². The number of rotatable bonds is 4. The highest BCUT2D eigenvalue weighted by atomic mass is 16.2. The molecule has 0 aromatic rings. The van der Waals surface area contributed by atoms with Gasteiger partial charge in [-0.2, -0.15) is 10.2 Å². The third-order valence-electron chi connectivity index (χ3n) is 4.69. The molecule has 1 heterocycles. The number of hydrogen-bond donors (Lipinski definition) is 0. The molecule has 0 saturated carbocycles. The van der Waals surface area contributed by atoms with Crippen LogP contribution in [-0.2, 0) is 9.59 Å². The Balaban J connectivity index is 2.98. The van der Waals surface area contributed by atoms with Crippen molar-refractivity contribution in [3.63, 3.8) is 0 Å². The molecule has 0 N–H and O–H groups in total. The molecule has 5 nitrogen and oxygen atoms in total. The minimum absolute atomic E-state index is 0.0528. The molecule has 0 spiro atoms. The molecule has 138 valence electrons. The predicted octanol–water partition coefficient (Wildman–Crippen LogP) is 5.24. The zero-order valence-electron chi connectivity index (χ0n) is 16.0. The van der Waals surface area contributed by atoms with Gasteiger partial charge in [0.05, 0.1) is 6.04 Å². The Morgan fingerprint density at radius 2 is 1.33 bits per heavy atom. The molecular formula is C19H35N3O2. The quantitative estimate of drug-likeness (QED) is 0.520. The Morgan fingerprint density at radius 3 is 1.71 bits per heavy atom. The average Bonchev–Trinajstić information content (AvgIpc) is 2.55. The van der Waals surface area contributed by atoms with Gasteiger partial charge in [0.1, 0.15) is 0 Å². The highest BCUT2D eigenvalue weighted by Crippen LogP contribution is 2.26. The molecule has 1 fully saturated rings. The number of azo groups is 1. The lowest BCUT2D eigenvalue weighted by atomic mass is 10.0. The van der Waals surface area contributed by atoms with Crippen LogP contribution < -0.4 is 0 Å². The van der Waals surface area contributed by atoms with Crippen molar-refractivity contribution < 1.29 is 9.59 Å². The van der Waals surface area contributed by atoms with E-state index < -0.39 is 5.66 Å². The summed E-state index contributed by atoms with van der Waals surface area (Å²) in [5.41, 5.74) is -0.862. The van der Waals surface area contributed by atoms with Crippen LogP contribution >= 0.6 is 0 Å². The standard InChI is InChI=1S/C19H35N3O2/c1-5-19(4,21-20-16(2)3)22-17(23)14-12-10-8-6-7-9-11-13-15-18(22)24/h16H,5-15H2,1-4H3.